The molecule has 12 nitrogen and oxygen atoms in total. The number of nitrogens with one attached hydrogen (secondary N) is 2. The largest absolute Gasteiger partial charge is 0.444 e. The lowest BCUT2D eigenvalue weighted by Gasteiger charge is -2.37. The van der Waals surface area contributed by atoms with E-state index in [9.17, 15) is 9.59 Å². The van der Waals surface area contributed by atoms with Crippen LogP contribution in [-0.2, 0) is 15.9 Å². The maximum atomic E-state index is 16.5. The highest BCUT2D eigenvalue weighted by Crippen LogP contribution is 2.49. The summed E-state index contributed by atoms with van der Waals surface area (Å²) in [6.07, 6.45) is 17.3. The second-order valence-electron chi connectivity index (χ2n) is 22.5. The van der Waals surface area contributed by atoms with E-state index in [4.69, 9.17) is 19.4 Å². The van der Waals surface area contributed by atoms with Gasteiger partial charge in [-0.15, -0.1) is 6.58 Å². The zero-order valence-corrected chi connectivity index (χ0v) is 40.8. The third-order valence-corrected chi connectivity index (χ3v) is 15.4. The first kappa shape index (κ1) is 46.3. The summed E-state index contributed by atoms with van der Waals surface area (Å²) < 4.78 is 44.8. The lowest BCUT2D eigenvalue weighted by atomic mass is 9.88. The molecule has 6 heterocycles. The van der Waals surface area contributed by atoms with Crippen LogP contribution >= 0.6 is 0 Å². The number of anilines is 2. The van der Waals surface area contributed by atoms with E-state index in [1.165, 1.54) is 0 Å². The Hall–Kier alpha value is -5.40. The number of amides is 2. The zero-order valence-electron chi connectivity index (χ0n) is 40.8. The molecule has 2 aromatic heterocycles. The highest BCUT2D eigenvalue weighted by atomic mass is 19.1. The van der Waals surface area contributed by atoms with Crippen molar-refractivity contribution in [3.63, 3.8) is 0 Å². The molecule has 0 spiro atoms. The van der Waals surface area contributed by atoms with E-state index in [-0.39, 0.29) is 54.0 Å². The third kappa shape index (κ3) is 9.12. The number of halogens is 2. The molecule has 0 radical (unpaired) electrons. The summed E-state index contributed by atoms with van der Waals surface area (Å²) in [4.78, 5) is 52.7. The Morgan fingerprint density at radius 3 is 2.29 bits per heavy atom. The number of piperidine rings is 1. The van der Waals surface area contributed by atoms with E-state index in [1.807, 2.05) is 68.4 Å². The summed E-state index contributed by atoms with van der Waals surface area (Å²) in [5, 5.41) is 0. The first-order valence-corrected chi connectivity index (χ1v) is 25.4. The van der Waals surface area contributed by atoms with Crippen molar-refractivity contribution >= 4 is 40.7 Å². The van der Waals surface area contributed by atoms with Gasteiger partial charge < -0.3 is 29.2 Å². The number of hydrogen-bond acceptors (Lipinski definition) is 8. The number of hydrogen-bond donors (Lipinski definition) is 2. The Bertz CT molecular complexity index is 2540. The zero-order chi connectivity index (χ0) is 47.6. The van der Waals surface area contributed by atoms with Crippen molar-refractivity contribution in [1.29, 1.82) is 0 Å². The van der Waals surface area contributed by atoms with Crippen LogP contribution in [0.25, 0.3) is 17.1 Å². The van der Waals surface area contributed by atoms with Crippen molar-refractivity contribution < 1.29 is 27.8 Å². The molecule has 8 atom stereocenters. The number of H-pyrrole nitrogens is 2. The molecule has 2 amide bonds. The van der Waals surface area contributed by atoms with Crippen LogP contribution in [0, 0.1) is 29.4 Å². The average molecular weight is 933 g/mol. The minimum Gasteiger partial charge on any atom is -0.444 e. The van der Waals surface area contributed by atoms with Gasteiger partial charge in [0.1, 0.15) is 28.5 Å². The Balaban J connectivity index is 0.956. The Morgan fingerprint density at radius 1 is 0.824 bits per heavy atom. The molecular formula is C54H70F2N8O4. The van der Waals surface area contributed by atoms with Gasteiger partial charge in [0.15, 0.2) is 11.6 Å². The Kier molecular flexibility index (Phi) is 12.4. The number of carbonyl (C=O) groups is 2. The number of rotatable bonds is 9. The SMILES string of the molecule is C=CCC[C@H]1CC(c2nc3c([nH]2)CC([C@H]2CCC(c4ccc5nc([C@@H]6C[C@@H]7CCC[C@@H]7N6C(=O)OC(C)(C)C)[nH]c5c4)N2c2cc(F)c(N4CCCCC4)c(F)c2)C=C3)N(C(=O)OC(C)(C)C)C1. The van der Waals surface area contributed by atoms with Gasteiger partial charge in [-0.25, -0.2) is 28.3 Å². The van der Waals surface area contributed by atoms with Crippen molar-refractivity contribution in [2.75, 3.05) is 29.4 Å². The standard InChI is InChI=1S/C54H70F2N8O4/c1-8-9-14-32-25-46(62(31-32)51(65)67-53(2,3)4)49-57-39-19-17-34(26-41(39)59-49)44-21-22-45(63(44)36-29-37(55)48(38(56)30-36)61-23-11-10-12-24-61)35-18-20-40-42(27-35)60-50(58-40)47-28-33-15-13-16-43(33)64(47)52(66)68-54(5,6)7/h8,17-20,27,29-30,32-34,43-47H,1,9-16,21-26,28,31H2,2-7H3,(H,57,59)(H,58,60)/t32-,33-,34?,43-,44+,45?,46?,47-/m0/s1. The Morgan fingerprint density at radius 2 is 1.56 bits per heavy atom. The molecule has 2 aliphatic carbocycles. The molecule has 364 valence electrons. The molecule has 1 saturated carbocycles. The van der Waals surface area contributed by atoms with Crippen molar-refractivity contribution in [1.82, 2.24) is 29.7 Å². The Labute approximate surface area is 399 Å². The number of allylic oxidation sites excluding steroid dienone is 1. The van der Waals surface area contributed by atoms with Crippen LogP contribution in [0.2, 0.25) is 0 Å². The topological polar surface area (TPSA) is 123 Å². The van der Waals surface area contributed by atoms with Gasteiger partial charge in [0.2, 0.25) is 0 Å². The number of nitrogens with zero attached hydrogens (tertiary/aromatic N) is 6. The molecule has 4 aromatic rings. The number of likely N-dealkylation sites (tertiary alicyclic amines) is 2. The summed E-state index contributed by atoms with van der Waals surface area (Å²) >= 11 is 0. The van der Waals surface area contributed by atoms with Gasteiger partial charge in [0.25, 0.3) is 0 Å². The second-order valence-corrected chi connectivity index (χ2v) is 22.5. The molecular weight excluding hydrogens is 863 g/mol. The molecule has 0 bridgehead atoms. The number of fused-ring (bicyclic) bond motifs is 3. The van der Waals surface area contributed by atoms with Crippen molar-refractivity contribution in [3.05, 3.63) is 89.3 Å². The number of benzene rings is 2. The minimum atomic E-state index is -0.628. The van der Waals surface area contributed by atoms with E-state index in [1.54, 1.807) is 12.1 Å². The first-order chi connectivity index (χ1) is 32.5. The first-order valence-electron chi connectivity index (χ1n) is 25.4. The van der Waals surface area contributed by atoms with Gasteiger partial charge in [-0.3, -0.25) is 9.80 Å². The van der Waals surface area contributed by atoms with E-state index >= 15 is 8.78 Å². The molecule has 3 unspecified atom stereocenters. The van der Waals surface area contributed by atoms with Crippen LogP contribution in [0.3, 0.4) is 0 Å². The van der Waals surface area contributed by atoms with Gasteiger partial charge in [-0.2, -0.15) is 0 Å². The summed E-state index contributed by atoms with van der Waals surface area (Å²) in [5.74, 6) is 1.16. The van der Waals surface area contributed by atoms with Gasteiger partial charge in [-0.1, -0.05) is 24.6 Å². The maximum Gasteiger partial charge on any atom is 0.411 e. The van der Waals surface area contributed by atoms with Crippen LogP contribution < -0.4 is 9.80 Å². The quantitative estimate of drug-likeness (QED) is 0.159. The van der Waals surface area contributed by atoms with Gasteiger partial charge in [0, 0.05) is 49.0 Å². The molecule has 5 fully saturated rings. The van der Waals surface area contributed by atoms with Gasteiger partial charge in [0.05, 0.1) is 34.9 Å². The number of aromatic nitrogens is 4. The number of carbonyl (C=O) groups excluding carboxylic acids is 2. The fourth-order valence-electron chi connectivity index (χ4n) is 12.5. The molecule has 4 aliphatic heterocycles. The molecule has 14 heteroatoms. The normalized spacial score (nSPS) is 27.3. The summed E-state index contributed by atoms with van der Waals surface area (Å²) in [6, 6.07) is 8.79. The average Bonchev–Trinajstić information content (AvgIpc) is 4.14. The minimum absolute atomic E-state index is 0.00251. The van der Waals surface area contributed by atoms with Crippen LogP contribution in [0.4, 0.5) is 29.7 Å². The molecule has 4 saturated heterocycles. The fraction of sp³-hybridized carbons (Fsp3) is 0.593. The lowest BCUT2D eigenvalue weighted by molar-refractivity contribution is 0.0129. The monoisotopic (exact) mass is 933 g/mol. The van der Waals surface area contributed by atoms with Crippen LogP contribution in [0.5, 0.6) is 0 Å². The summed E-state index contributed by atoms with van der Waals surface area (Å²) in [5.41, 5.74) is 3.91. The lowest BCUT2D eigenvalue weighted by Crippen LogP contribution is -2.41. The molecule has 68 heavy (non-hydrogen) atoms. The van der Waals surface area contributed by atoms with Crippen molar-refractivity contribution in [3.8, 4) is 0 Å². The van der Waals surface area contributed by atoms with E-state index < -0.39 is 22.8 Å². The van der Waals surface area contributed by atoms with Crippen molar-refractivity contribution in [2.24, 2.45) is 17.8 Å². The number of ether oxygens (including phenoxy) is 2. The third-order valence-electron chi connectivity index (χ3n) is 15.4. The summed E-state index contributed by atoms with van der Waals surface area (Å²) in [6.45, 7) is 17.2. The van der Waals surface area contributed by atoms with Crippen LogP contribution in [-0.4, -0.2) is 84.8 Å². The maximum absolute atomic E-state index is 16.5. The molecule has 6 aliphatic rings. The van der Waals surface area contributed by atoms with Crippen molar-refractivity contribution in [2.45, 2.75) is 166 Å². The molecule has 10 rings (SSSR count). The number of aromatic amines is 2. The summed E-state index contributed by atoms with van der Waals surface area (Å²) in [7, 11) is 0. The smallest absolute Gasteiger partial charge is 0.411 e. The predicted molar refractivity (Wildman–Crippen MR) is 261 cm³/mol. The van der Waals surface area contributed by atoms with Crippen LogP contribution in [0.1, 0.15) is 165 Å². The van der Waals surface area contributed by atoms with Gasteiger partial charge in [-0.05, 0) is 166 Å². The van der Waals surface area contributed by atoms with E-state index in [0.29, 0.717) is 43.6 Å². The highest BCUT2D eigenvalue weighted by Gasteiger charge is 2.49. The molecule has 2 aromatic carbocycles. The predicted octanol–water partition coefficient (Wildman–Crippen LogP) is 12.3. The van der Waals surface area contributed by atoms with E-state index in [0.717, 1.165) is 117 Å². The molecule has 2 N–H and O–H groups in total. The van der Waals surface area contributed by atoms with E-state index in [2.05, 4.69) is 45.7 Å². The fourth-order valence-corrected chi connectivity index (χ4v) is 12.5. The number of imidazole rings is 2. The van der Waals surface area contributed by atoms with Crippen LogP contribution in [0.15, 0.2) is 49.1 Å². The van der Waals surface area contributed by atoms with Gasteiger partial charge >= 0.3 is 12.2 Å². The second kappa shape index (κ2) is 18.2. The highest BCUT2D eigenvalue weighted by molar-refractivity contribution is 5.77.